The summed E-state index contributed by atoms with van der Waals surface area (Å²) in [6.07, 6.45) is 6.13. The van der Waals surface area contributed by atoms with Gasteiger partial charge in [-0.05, 0) is 26.2 Å². The number of quaternary nitrogens is 1. The van der Waals surface area contributed by atoms with Crippen molar-refractivity contribution in [1.29, 1.82) is 0 Å². The lowest BCUT2D eigenvalue weighted by Crippen LogP contribution is -2.35. The molecule has 0 fully saturated rings. The number of carbonyl (C=O) groups is 1. The topological polar surface area (TPSA) is 29.1 Å². The highest BCUT2D eigenvalue weighted by Crippen LogP contribution is 2.05. The van der Waals surface area contributed by atoms with E-state index in [9.17, 15) is 4.79 Å². The number of rotatable bonds is 9. The summed E-state index contributed by atoms with van der Waals surface area (Å²) in [7, 11) is 6.69. The Morgan fingerprint density at radius 3 is 2.12 bits per heavy atom. The van der Waals surface area contributed by atoms with Gasteiger partial charge in [0.2, 0.25) is 5.91 Å². The summed E-state index contributed by atoms with van der Waals surface area (Å²) in [5.41, 5.74) is 0.591. The fraction of sp³-hybridized carbons (Fsp3) is 0.786. The van der Waals surface area contributed by atoms with Crippen molar-refractivity contribution in [2.45, 2.75) is 39.0 Å². The van der Waals surface area contributed by atoms with Gasteiger partial charge in [0.05, 0.1) is 27.7 Å². The Morgan fingerprint density at radius 2 is 1.59 bits per heavy atom. The van der Waals surface area contributed by atoms with Gasteiger partial charge in [-0.2, -0.15) is 0 Å². The number of nitrogens with one attached hydrogen (secondary N) is 1. The second kappa shape index (κ2) is 8.29. The highest BCUT2D eigenvalue weighted by molar-refractivity contribution is 5.91. The number of nitrogens with zero attached hydrogens (tertiary/aromatic N) is 1. The molecule has 0 aromatic heterocycles. The molecule has 0 saturated carbocycles. The summed E-state index contributed by atoms with van der Waals surface area (Å²) >= 11 is 0. The van der Waals surface area contributed by atoms with E-state index in [1.165, 1.54) is 32.2 Å². The maximum absolute atomic E-state index is 11.2. The molecular formula is C14H29N2O+. The van der Waals surface area contributed by atoms with Crippen LogP contribution in [0.25, 0.3) is 0 Å². The van der Waals surface area contributed by atoms with E-state index >= 15 is 0 Å². The molecule has 100 valence electrons. The van der Waals surface area contributed by atoms with E-state index in [1.54, 1.807) is 6.92 Å². The minimum Gasteiger partial charge on any atom is -0.352 e. The van der Waals surface area contributed by atoms with Crippen LogP contribution in [-0.2, 0) is 4.79 Å². The van der Waals surface area contributed by atoms with Gasteiger partial charge in [0.25, 0.3) is 0 Å². The Kier molecular flexibility index (Phi) is 7.88. The fourth-order valence-corrected chi connectivity index (χ4v) is 1.59. The van der Waals surface area contributed by atoms with Crippen LogP contribution < -0.4 is 5.32 Å². The first kappa shape index (κ1) is 16.2. The minimum absolute atomic E-state index is 0.0185. The van der Waals surface area contributed by atoms with E-state index in [1.807, 2.05) is 0 Å². The largest absolute Gasteiger partial charge is 0.352 e. The van der Waals surface area contributed by atoms with Crippen LogP contribution in [0.4, 0.5) is 0 Å². The van der Waals surface area contributed by atoms with Crippen LogP contribution in [0.3, 0.4) is 0 Å². The molecule has 0 spiro atoms. The number of unbranched alkanes of at least 4 members (excludes halogenated alkanes) is 4. The molecule has 17 heavy (non-hydrogen) atoms. The summed E-state index contributed by atoms with van der Waals surface area (Å²) in [5.74, 6) is -0.0185. The van der Waals surface area contributed by atoms with Crippen molar-refractivity contribution < 1.29 is 9.28 Å². The third kappa shape index (κ3) is 11.4. The fourth-order valence-electron chi connectivity index (χ4n) is 1.59. The normalized spacial score (nSPS) is 11.3. The van der Waals surface area contributed by atoms with Crippen molar-refractivity contribution in [3.63, 3.8) is 0 Å². The molecule has 0 unspecified atom stereocenters. The Balaban J connectivity index is 3.25. The number of carbonyl (C=O) groups excluding carboxylic acids is 1. The molecule has 0 aromatic carbocycles. The SMILES string of the molecule is C=C(C)C(=O)NCCCCCCC[N+](C)(C)C. The van der Waals surface area contributed by atoms with E-state index in [0.717, 1.165) is 17.4 Å². The average molecular weight is 241 g/mol. The van der Waals surface area contributed by atoms with Crippen molar-refractivity contribution in [3.05, 3.63) is 12.2 Å². The van der Waals surface area contributed by atoms with Crippen molar-refractivity contribution in [2.75, 3.05) is 34.2 Å². The maximum Gasteiger partial charge on any atom is 0.246 e. The third-order valence-electron chi connectivity index (χ3n) is 2.68. The van der Waals surface area contributed by atoms with Crippen LogP contribution in [0.5, 0.6) is 0 Å². The third-order valence-corrected chi connectivity index (χ3v) is 2.68. The van der Waals surface area contributed by atoms with Crippen molar-refractivity contribution >= 4 is 5.91 Å². The summed E-state index contributed by atoms with van der Waals surface area (Å²) in [6.45, 7) is 7.36. The summed E-state index contributed by atoms with van der Waals surface area (Å²) in [4.78, 5) is 11.2. The highest BCUT2D eigenvalue weighted by atomic mass is 16.1. The molecule has 3 nitrogen and oxygen atoms in total. The molecule has 0 radical (unpaired) electrons. The van der Waals surface area contributed by atoms with Crippen molar-refractivity contribution in [3.8, 4) is 0 Å². The van der Waals surface area contributed by atoms with Gasteiger partial charge >= 0.3 is 0 Å². The Bertz CT molecular complexity index is 241. The van der Waals surface area contributed by atoms with Crippen LogP contribution in [0.2, 0.25) is 0 Å². The lowest BCUT2D eigenvalue weighted by atomic mass is 10.1. The smallest absolute Gasteiger partial charge is 0.246 e. The zero-order valence-corrected chi connectivity index (χ0v) is 12.0. The molecule has 0 aromatic rings. The van der Waals surface area contributed by atoms with Gasteiger partial charge in [-0.25, -0.2) is 0 Å². The lowest BCUT2D eigenvalue weighted by Gasteiger charge is -2.23. The molecule has 0 rings (SSSR count). The Hall–Kier alpha value is -0.830. The number of amides is 1. The molecule has 0 aliphatic heterocycles. The first-order chi connectivity index (χ1) is 7.83. The molecule has 3 heteroatoms. The Morgan fingerprint density at radius 1 is 1.06 bits per heavy atom. The molecule has 0 aliphatic carbocycles. The standard InChI is InChI=1S/C14H28N2O/c1-13(2)14(17)15-11-9-7-6-8-10-12-16(3,4)5/h1,6-12H2,2-5H3/p+1. The predicted octanol–water partition coefficient (Wildman–Crippen LogP) is 2.34. The number of hydrogen-bond acceptors (Lipinski definition) is 1. The first-order valence-corrected chi connectivity index (χ1v) is 6.57. The van der Waals surface area contributed by atoms with Crippen LogP contribution in [-0.4, -0.2) is 44.6 Å². The molecule has 0 aliphatic rings. The quantitative estimate of drug-likeness (QED) is 0.375. The van der Waals surface area contributed by atoms with Gasteiger partial charge < -0.3 is 9.80 Å². The highest BCUT2D eigenvalue weighted by Gasteiger charge is 2.05. The van der Waals surface area contributed by atoms with Gasteiger partial charge in [0, 0.05) is 12.1 Å². The lowest BCUT2D eigenvalue weighted by molar-refractivity contribution is -0.870. The van der Waals surface area contributed by atoms with Crippen molar-refractivity contribution in [1.82, 2.24) is 5.32 Å². The van der Waals surface area contributed by atoms with Crippen LogP contribution in [0, 0.1) is 0 Å². The van der Waals surface area contributed by atoms with E-state index < -0.39 is 0 Å². The van der Waals surface area contributed by atoms with Crippen molar-refractivity contribution in [2.24, 2.45) is 0 Å². The van der Waals surface area contributed by atoms with Gasteiger partial charge in [0.15, 0.2) is 0 Å². The molecule has 1 amide bonds. The zero-order chi connectivity index (χ0) is 13.3. The zero-order valence-electron chi connectivity index (χ0n) is 12.0. The molecule has 0 saturated heterocycles. The minimum atomic E-state index is -0.0185. The van der Waals surface area contributed by atoms with Gasteiger partial charge in [-0.1, -0.05) is 19.4 Å². The summed E-state index contributed by atoms with van der Waals surface area (Å²) in [6, 6.07) is 0. The molecule has 1 N–H and O–H groups in total. The monoisotopic (exact) mass is 241 g/mol. The van der Waals surface area contributed by atoms with Gasteiger partial charge in [-0.3, -0.25) is 4.79 Å². The average Bonchev–Trinajstić information content (AvgIpc) is 2.19. The predicted molar refractivity (Wildman–Crippen MR) is 73.8 cm³/mol. The molecule has 0 bridgehead atoms. The van der Waals surface area contributed by atoms with Gasteiger partial charge in [-0.15, -0.1) is 0 Å². The van der Waals surface area contributed by atoms with Crippen LogP contribution in [0.15, 0.2) is 12.2 Å². The molecular weight excluding hydrogens is 212 g/mol. The second-order valence-electron chi connectivity index (χ2n) is 5.82. The first-order valence-electron chi connectivity index (χ1n) is 6.57. The summed E-state index contributed by atoms with van der Waals surface area (Å²) in [5, 5.41) is 2.86. The van der Waals surface area contributed by atoms with E-state index in [-0.39, 0.29) is 5.91 Å². The van der Waals surface area contributed by atoms with E-state index in [0.29, 0.717) is 5.57 Å². The summed E-state index contributed by atoms with van der Waals surface area (Å²) < 4.78 is 1.05. The van der Waals surface area contributed by atoms with Crippen LogP contribution >= 0.6 is 0 Å². The van der Waals surface area contributed by atoms with Gasteiger partial charge in [0.1, 0.15) is 0 Å². The maximum atomic E-state index is 11.2. The van der Waals surface area contributed by atoms with E-state index in [2.05, 4.69) is 33.0 Å². The molecule has 0 heterocycles. The Labute approximate surface area is 106 Å². The van der Waals surface area contributed by atoms with Crippen LogP contribution in [0.1, 0.15) is 39.0 Å². The van der Waals surface area contributed by atoms with E-state index in [4.69, 9.17) is 0 Å². The second-order valence-corrected chi connectivity index (χ2v) is 5.82. The number of hydrogen-bond donors (Lipinski definition) is 1. The molecule has 0 atom stereocenters.